The summed E-state index contributed by atoms with van der Waals surface area (Å²) in [5, 5.41) is 3.19. The van der Waals surface area contributed by atoms with Crippen LogP contribution in [-0.4, -0.2) is 41.2 Å². The molecule has 37 heavy (non-hydrogen) atoms. The smallest absolute Gasteiger partial charge is 0.417 e. The summed E-state index contributed by atoms with van der Waals surface area (Å²) in [6.07, 6.45) is -1.40. The van der Waals surface area contributed by atoms with Gasteiger partial charge in [0.1, 0.15) is 11.6 Å². The highest BCUT2D eigenvalue weighted by Gasteiger charge is 2.41. The number of hydrogen-bond acceptors (Lipinski definition) is 6. The summed E-state index contributed by atoms with van der Waals surface area (Å²) in [6.45, 7) is 0.264. The lowest BCUT2D eigenvalue weighted by atomic mass is 10.1. The molecule has 192 valence electrons. The normalized spacial score (nSPS) is 16.8. The first-order chi connectivity index (χ1) is 17.6. The number of nitrogens with zero attached hydrogens (tertiary/aromatic N) is 3. The van der Waals surface area contributed by atoms with Gasteiger partial charge in [-0.15, -0.1) is 0 Å². The number of benzene rings is 1. The van der Waals surface area contributed by atoms with Crippen molar-refractivity contribution in [2.24, 2.45) is 0 Å². The molecule has 1 atom stereocenters. The van der Waals surface area contributed by atoms with Crippen LogP contribution >= 0.6 is 0 Å². The molecule has 8 nitrogen and oxygen atoms in total. The standard InChI is InChI=1S/C25H21F3N4O4S/c26-25(27,28)18-7-8-19(30-15-18)20-12-16(9-10-29-20)14-31-24(33)21-5-3-11-32(21)37(34,35)23-13-17-4-1-2-6-22(17)36-23/h1-2,4,6-10,12-13,15,21H,3,5,11,14H2,(H,31,33)/t21-/m0/s1. The molecule has 0 bridgehead atoms. The van der Waals surface area contributed by atoms with Crippen LogP contribution in [0, 0.1) is 0 Å². The molecule has 1 N–H and O–H groups in total. The van der Waals surface area contributed by atoms with Crippen molar-refractivity contribution in [3.8, 4) is 11.4 Å². The molecule has 1 aliphatic heterocycles. The number of para-hydroxylation sites is 1. The van der Waals surface area contributed by atoms with Gasteiger partial charge in [0, 0.05) is 36.9 Å². The van der Waals surface area contributed by atoms with Crippen LogP contribution in [0.3, 0.4) is 0 Å². The van der Waals surface area contributed by atoms with Crippen LogP contribution in [0.1, 0.15) is 24.0 Å². The summed E-state index contributed by atoms with van der Waals surface area (Å²) in [5.74, 6) is -0.455. The lowest BCUT2D eigenvalue weighted by Crippen LogP contribution is -2.45. The molecule has 5 rings (SSSR count). The largest absolute Gasteiger partial charge is 0.443 e. The molecule has 4 aromatic rings. The van der Waals surface area contributed by atoms with E-state index in [9.17, 15) is 26.4 Å². The van der Waals surface area contributed by atoms with Crippen LogP contribution in [0.4, 0.5) is 13.2 Å². The SMILES string of the molecule is O=C(NCc1ccnc(-c2ccc(C(F)(F)F)cn2)c1)[C@@H]1CCCN1S(=O)(=O)c1cc2ccccc2o1. The van der Waals surface area contributed by atoms with Crippen LogP contribution in [-0.2, 0) is 27.5 Å². The number of nitrogens with one attached hydrogen (secondary N) is 1. The fourth-order valence-electron chi connectivity index (χ4n) is 4.23. The van der Waals surface area contributed by atoms with Gasteiger partial charge in [-0.3, -0.25) is 14.8 Å². The minimum absolute atomic E-state index is 0.0734. The van der Waals surface area contributed by atoms with Crippen LogP contribution in [0.25, 0.3) is 22.4 Å². The van der Waals surface area contributed by atoms with Gasteiger partial charge >= 0.3 is 6.18 Å². The maximum absolute atomic E-state index is 13.2. The molecule has 12 heteroatoms. The Labute approximate surface area is 210 Å². The molecule has 1 fully saturated rings. The Morgan fingerprint density at radius 2 is 1.89 bits per heavy atom. The number of alkyl halides is 3. The Balaban J connectivity index is 1.28. The highest BCUT2D eigenvalue weighted by atomic mass is 32.2. The summed E-state index contributed by atoms with van der Waals surface area (Å²) in [5.41, 5.74) is 0.802. The molecule has 0 saturated carbocycles. The molecule has 0 radical (unpaired) electrons. The minimum atomic E-state index is -4.49. The van der Waals surface area contributed by atoms with Crippen molar-refractivity contribution in [2.45, 2.75) is 36.7 Å². The third kappa shape index (κ3) is 5.07. The number of pyridine rings is 2. The van der Waals surface area contributed by atoms with Crippen molar-refractivity contribution in [1.82, 2.24) is 19.6 Å². The van der Waals surface area contributed by atoms with E-state index in [1.807, 2.05) is 0 Å². The van der Waals surface area contributed by atoms with Gasteiger partial charge in [0.05, 0.1) is 17.0 Å². The average Bonchev–Trinajstić information content (AvgIpc) is 3.55. The summed E-state index contributed by atoms with van der Waals surface area (Å²) in [6, 6.07) is 12.9. The molecule has 0 spiro atoms. The van der Waals surface area contributed by atoms with E-state index in [0.29, 0.717) is 35.1 Å². The summed E-state index contributed by atoms with van der Waals surface area (Å²) < 4.78 is 71.6. The molecular formula is C25H21F3N4O4S. The monoisotopic (exact) mass is 530 g/mol. The van der Waals surface area contributed by atoms with Crippen molar-refractivity contribution in [3.05, 3.63) is 78.1 Å². The molecule has 1 aromatic carbocycles. The summed E-state index contributed by atoms with van der Waals surface area (Å²) in [4.78, 5) is 21.0. The molecular weight excluding hydrogens is 509 g/mol. The van der Waals surface area contributed by atoms with Gasteiger partial charge < -0.3 is 9.73 Å². The second-order valence-corrected chi connectivity index (χ2v) is 10.4. The first-order valence-electron chi connectivity index (χ1n) is 11.4. The predicted molar refractivity (Wildman–Crippen MR) is 127 cm³/mol. The van der Waals surface area contributed by atoms with E-state index in [1.54, 1.807) is 36.4 Å². The Morgan fingerprint density at radius 3 is 2.62 bits per heavy atom. The minimum Gasteiger partial charge on any atom is -0.443 e. The fourth-order valence-corrected chi connectivity index (χ4v) is 5.84. The Hall–Kier alpha value is -3.77. The highest BCUT2D eigenvalue weighted by molar-refractivity contribution is 7.89. The number of rotatable bonds is 6. The van der Waals surface area contributed by atoms with Crippen LogP contribution in [0.2, 0.25) is 0 Å². The zero-order valence-corrected chi connectivity index (χ0v) is 20.1. The van der Waals surface area contributed by atoms with Gasteiger partial charge in [0.15, 0.2) is 0 Å². The number of amides is 1. The first kappa shape index (κ1) is 24.9. The molecule has 0 unspecified atom stereocenters. The average molecular weight is 531 g/mol. The van der Waals surface area contributed by atoms with E-state index in [4.69, 9.17) is 4.42 Å². The van der Waals surface area contributed by atoms with Crippen molar-refractivity contribution in [2.75, 3.05) is 6.54 Å². The second kappa shape index (κ2) is 9.60. The third-order valence-electron chi connectivity index (χ3n) is 6.12. The Morgan fingerprint density at radius 1 is 1.08 bits per heavy atom. The lowest BCUT2D eigenvalue weighted by Gasteiger charge is -2.22. The Kier molecular flexibility index (Phi) is 6.46. The highest BCUT2D eigenvalue weighted by Crippen LogP contribution is 2.31. The van der Waals surface area contributed by atoms with Gasteiger partial charge in [0.2, 0.25) is 11.0 Å². The van der Waals surface area contributed by atoms with Gasteiger partial charge in [-0.25, -0.2) is 8.42 Å². The molecule has 4 heterocycles. The van der Waals surface area contributed by atoms with Crippen LogP contribution in [0.5, 0.6) is 0 Å². The predicted octanol–water partition coefficient (Wildman–Crippen LogP) is 4.38. The van der Waals surface area contributed by atoms with Crippen molar-refractivity contribution in [1.29, 1.82) is 0 Å². The van der Waals surface area contributed by atoms with E-state index in [-0.39, 0.29) is 23.9 Å². The first-order valence-corrected chi connectivity index (χ1v) is 12.8. The maximum Gasteiger partial charge on any atom is 0.417 e. The van der Waals surface area contributed by atoms with E-state index >= 15 is 0 Å². The zero-order valence-electron chi connectivity index (χ0n) is 19.3. The maximum atomic E-state index is 13.2. The quantitative estimate of drug-likeness (QED) is 0.397. The van der Waals surface area contributed by atoms with Gasteiger partial charge in [0.25, 0.3) is 10.0 Å². The van der Waals surface area contributed by atoms with E-state index in [1.165, 1.54) is 18.3 Å². The number of halogens is 3. The van der Waals surface area contributed by atoms with E-state index in [2.05, 4.69) is 15.3 Å². The second-order valence-electron chi connectivity index (χ2n) is 8.57. The van der Waals surface area contributed by atoms with Crippen LogP contribution in [0.15, 0.2) is 76.5 Å². The topological polar surface area (TPSA) is 105 Å². The number of hydrogen-bond donors (Lipinski definition) is 1. The van der Waals surface area contributed by atoms with Crippen LogP contribution < -0.4 is 5.32 Å². The molecule has 1 amide bonds. The third-order valence-corrected chi connectivity index (χ3v) is 7.88. The number of fused-ring (bicyclic) bond motifs is 1. The number of aromatic nitrogens is 2. The van der Waals surface area contributed by atoms with Crippen molar-refractivity contribution >= 4 is 26.9 Å². The molecule has 0 aliphatic carbocycles. The number of furan rings is 1. The Bertz CT molecular complexity index is 1520. The molecule has 3 aromatic heterocycles. The summed E-state index contributed by atoms with van der Waals surface area (Å²) in [7, 11) is -4.03. The van der Waals surface area contributed by atoms with Gasteiger partial charge in [-0.2, -0.15) is 17.5 Å². The van der Waals surface area contributed by atoms with Gasteiger partial charge in [-0.1, -0.05) is 18.2 Å². The lowest BCUT2D eigenvalue weighted by molar-refractivity contribution is -0.137. The van der Waals surface area contributed by atoms with E-state index < -0.39 is 33.7 Å². The van der Waals surface area contributed by atoms with E-state index in [0.717, 1.165) is 16.6 Å². The van der Waals surface area contributed by atoms with Gasteiger partial charge in [-0.05, 0) is 48.7 Å². The number of carbonyl (C=O) groups is 1. The zero-order chi connectivity index (χ0) is 26.2. The number of sulfonamides is 1. The van der Waals surface area contributed by atoms with Crippen molar-refractivity contribution < 1.29 is 30.8 Å². The number of carbonyl (C=O) groups excluding carboxylic acids is 1. The molecule has 1 saturated heterocycles. The molecule has 1 aliphatic rings. The summed E-state index contributed by atoms with van der Waals surface area (Å²) >= 11 is 0. The fraction of sp³-hybridized carbons (Fsp3) is 0.240. The van der Waals surface area contributed by atoms with Crippen molar-refractivity contribution in [3.63, 3.8) is 0 Å².